The molecule has 0 fully saturated rings. The highest BCUT2D eigenvalue weighted by Gasteiger charge is 2.13. The van der Waals surface area contributed by atoms with Gasteiger partial charge in [-0.25, -0.2) is 13.6 Å². The number of sulfonamides is 1. The van der Waals surface area contributed by atoms with Crippen LogP contribution >= 0.6 is 11.6 Å². The van der Waals surface area contributed by atoms with Gasteiger partial charge in [0, 0.05) is 16.4 Å². The van der Waals surface area contributed by atoms with Gasteiger partial charge >= 0.3 is 0 Å². The Hall–Kier alpha value is -2.09. The molecule has 0 aliphatic heterocycles. The third-order valence-electron chi connectivity index (χ3n) is 3.05. The van der Waals surface area contributed by atoms with Crippen molar-refractivity contribution in [3.63, 3.8) is 0 Å². The maximum Gasteiger partial charge on any atom is 0.246 e. The Labute approximate surface area is 139 Å². The predicted molar refractivity (Wildman–Crippen MR) is 91.0 cm³/mol. The summed E-state index contributed by atoms with van der Waals surface area (Å²) in [7, 11) is -3.75. The second-order valence-electron chi connectivity index (χ2n) is 4.94. The largest absolute Gasteiger partial charge is 0.374 e. The van der Waals surface area contributed by atoms with Crippen molar-refractivity contribution in [3.8, 4) is 0 Å². The molecule has 1 amide bonds. The van der Waals surface area contributed by atoms with Gasteiger partial charge in [-0.1, -0.05) is 17.7 Å². The molecule has 0 aliphatic carbocycles. The zero-order chi connectivity index (χ0) is 17.0. The van der Waals surface area contributed by atoms with Crippen LogP contribution in [0.25, 0.3) is 0 Å². The number of primary sulfonamides is 1. The van der Waals surface area contributed by atoms with Crippen LogP contribution in [0.5, 0.6) is 0 Å². The Morgan fingerprint density at radius 3 is 2.35 bits per heavy atom. The quantitative estimate of drug-likeness (QED) is 0.768. The molecule has 0 spiro atoms. The van der Waals surface area contributed by atoms with Gasteiger partial charge < -0.3 is 10.6 Å². The number of hydrogen-bond acceptors (Lipinski definition) is 4. The number of nitrogens with two attached hydrogens (primary N) is 1. The highest BCUT2D eigenvalue weighted by Crippen LogP contribution is 2.17. The van der Waals surface area contributed by atoms with Crippen LogP contribution in [0.2, 0.25) is 5.02 Å². The molecule has 122 valence electrons. The molecule has 2 aromatic rings. The summed E-state index contributed by atoms with van der Waals surface area (Å²) in [6, 6.07) is 12.1. The van der Waals surface area contributed by atoms with Crippen molar-refractivity contribution in [3.05, 3.63) is 53.6 Å². The monoisotopic (exact) mass is 353 g/mol. The van der Waals surface area contributed by atoms with Crippen LogP contribution in [-0.4, -0.2) is 20.4 Å². The van der Waals surface area contributed by atoms with Crippen molar-refractivity contribution in [1.82, 2.24) is 0 Å². The summed E-state index contributed by atoms with van der Waals surface area (Å²) in [6.07, 6.45) is 0. The van der Waals surface area contributed by atoms with Crippen molar-refractivity contribution in [2.45, 2.75) is 17.9 Å². The van der Waals surface area contributed by atoms with E-state index in [4.69, 9.17) is 16.7 Å². The molecule has 0 saturated carbocycles. The van der Waals surface area contributed by atoms with Gasteiger partial charge in [0.2, 0.25) is 15.9 Å². The average molecular weight is 354 g/mol. The molecular formula is C15H16ClN3O3S. The molecule has 4 N–H and O–H groups in total. The lowest BCUT2D eigenvalue weighted by atomic mass is 10.2. The highest BCUT2D eigenvalue weighted by atomic mass is 35.5. The topological polar surface area (TPSA) is 101 Å². The first-order valence-corrected chi connectivity index (χ1v) is 8.64. The smallest absolute Gasteiger partial charge is 0.246 e. The third kappa shape index (κ3) is 4.95. The second-order valence-corrected chi connectivity index (χ2v) is 6.93. The summed E-state index contributed by atoms with van der Waals surface area (Å²) in [5.74, 6) is -0.270. The normalized spacial score (nSPS) is 12.5. The van der Waals surface area contributed by atoms with Crippen molar-refractivity contribution in [2.75, 3.05) is 10.6 Å². The number of carbonyl (C=O) groups is 1. The first-order chi connectivity index (χ1) is 10.8. The van der Waals surface area contributed by atoms with Gasteiger partial charge in [-0.2, -0.15) is 0 Å². The number of hydrogen-bond donors (Lipinski definition) is 3. The van der Waals surface area contributed by atoms with Crippen LogP contribution in [0.3, 0.4) is 0 Å². The van der Waals surface area contributed by atoms with Gasteiger partial charge in [-0.05, 0) is 49.4 Å². The van der Waals surface area contributed by atoms with E-state index in [1.165, 1.54) is 24.3 Å². The van der Waals surface area contributed by atoms with Crippen LogP contribution in [0.1, 0.15) is 6.92 Å². The number of rotatable bonds is 5. The minimum atomic E-state index is -3.75. The predicted octanol–water partition coefficient (Wildman–Crippen LogP) is 2.43. The maximum atomic E-state index is 12.1. The van der Waals surface area contributed by atoms with E-state index in [-0.39, 0.29) is 10.8 Å². The Morgan fingerprint density at radius 2 is 1.78 bits per heavy atom. The van der Waals surface area contributed by atoms with E-state index in [1.54, 1.807) is 31.2 Å². The number of anilines is 2. The van der Waals surface area contributed by atoms with E-state index >= 15 is 0 Å². The molecule has 0 saturated heterocycles. The van der Waals surface area contributed by atoms with E-state index in [1.807, 2.05) is 0 Å². The van der Waals surface area contributed by atoms with Crippen LogP contribution in [0.4, 0.5) is 11.4 Å². The molecule has 0 aliphatic rings. The van der Waals surface area contributed by atoms with Crippen molar-refractivity contribution < 1.29 is 13.2 Å². The lowest BCUT2D eigenvalue weighted by Gasteiger charge is -2.15. The molecule has 0 bridgehead atoms. The van der Waals surface area contributed by atoms with Gasteiger partial charge in [-0.3, -0.25) is 4.79 Å². The Morgan fingerprint density at radius 1 is 1.13 bits per heavy atom. The van der Waals surface area contributed by atoms with E-state index in [9.17, 15) is 13.2 Å². The summed E-state index contributed by atoms with van der Waals surface area (Å²) < 4.78 is 22.3. The molecule has 0 heterocycles. The third-order valence-corrected chi connectivity index (χ3v) is 4.22. The average Bonchev–Trinajstić information content (AvgIpc) is 2.46. The fourth-order valence-electron chi connectivity index (χ4n) is 1.87. The molecule has 2 rings (SSSR count). The molecular weight excluding hydrogens is 338 g/mol. The van der Waals surface area contributed by atoms with Crippen LogP contribution < -0.4 is 15.8 Å². The van der Waals surface area contributed by atoms with Crippen LogP contribution in [0.15, 0.2) is 53.4 Å². The lowest BCUT2D eigenvalue weighted by molar-refractivity contribution is -0.116. The molecule has 1 atom stereocenters. The van der Waals surface area contributed by atoms with Crippen molar-refractivity contribution in [2.24, 2.45) is 5.14 Å². The van der Waals surface area contributed by atoms with Crippen molar-refractivity contribution >= 4 is 38.9 Å². The number of benzene rings is 2. The summed E-state index contributed by atoms with van der Waals surface area (Å²) in [5.41, 5.74) is 1.20. The van der Waals surface area contributed by atoms with Gasteiger partial charge in [-0.15, -0.1) is 0 Å². The Balaban J connectivity index is 2.01. The zero-order valence-electron chi connectivity index (χ0n) is 12.3. The van der Waals surface area contributed by atoms with E-state index in [0.717, 1.165) is 5.69 Å². The summed E-state index contributed by atoms with van der Waals surface area (Å²) in [6.45, 7) is 1.70. The lowest BCUT2D eigenvalue weighted by Crippen LogP contribution is -2.31. The number of amides is 1. The molecule has 0 aromatic heterocycles. The molecule has 23 heavy (non-hydrogen) atoms. The van der Waals surface area contributed by atoms with Crippen LogP contribution in [-0.2, 0) is 14.8 Å². The fourth-order valence-corrected chi connectivity index (χ4v) is 2.58. The Bertz CT molecular complexity index is 807. The van der Waals surface area contributed by atoms with Gasteiger partial charge in [0.05, 0.1) is 4.90 Å². The fraction of sp³-hybridized carbons (Fsp3) is 0.133. The number of halogens is 1. The number of carbonyl (C=O) groups excluding carboxylic acids is 1. The summed E-state index contributed by atoms with van der Waals surface area (Å²) in [4.78, 5) is 12.1. The molecule has 2 aromatic carbocycles. The van der Waals surface area contributed by atoms with E-state index in [0.29, 0.717) is 10.7 Å². The van der Waals surface area contributed by atoms with Crippen molar-refractivity contribution in [1.29, 1.82) is 0 Å². The minimum absolute atomic E-state index is 0.0133. The second kappa shape index (κ2) is 6.99. The minimum Gasteiger partial charge on any atom is -0.374 e. The summed E-state index contributed by atoms with van der Waals surface area (Å²) in [5, 5.41) is 11.3. The SMILES string of the molecule is CC(Nc1cccc(Cl)c1)C(=O)Nc1ccc(S(N)(=O)=O)cc1. The number of nitrogens with one attached hydrogen (secondary N) is 2. The van der Waals surface area contributed by atoms with E-state index in [2.05, 4.69) is 10.6 Å². The van der Waals surface area contributed by atoms with Gasteiger partial charge in [0.15, 0.2) is 0 Å². The zero-order valence-corrected chi connectivity index (χ0v) is 13.9. The first-order valence-electron chi connectivity index (χ1n) is 6.71. The van der Waals surface area contributed by atoms with Gasteiger partial charge in [0.1, 0.15) is 6.04 Å². The maximum absolute atomic E-state index is 12.1. The standard InChI is InChI=1S/C15H16ClN3O3S/c1-10(18-13-4-2-3-11(16)9-13)15(20)19-12-5-7-14(8-6-12)23(17,21)22/h2-10,18H,1H3,(H,19,20)(H2,17,21,22). The molecule has 8 heteroatoms. The summed E-state index contributed by atoms with van der Waals surface area (Å²) >= 11 is 5.89. The molecule has 6 nitrogen and oxygen atoms in total. The van der Waals surface area contributed by atoms with E-state index < -0.39 is 16.1 Å². The Kier molecular flexibility index (Phi) is 5.25. The van der Waals surface area contributed by atoms with Gasteiger partial charge in [0.25, 0.3) is 0 Å². The highest BCUT2D eigenvalue weighted by molar-refractivity contribution is 7.89. The first kappa shape index (κ1) is 17.3. The van der Waals surface area contributed by atoms with Crippen LogP contribution in [0, 0.1) is 0 Å². The molecule has 0 radical (unpaired) electrons. The molecule has 1 unspecified atom stereocenters.